The zero-order valence-corrected chi connectivity index (χ0v) is 12.2. The lowest BCUT2D eigenvalue weighted by atomic mass is 10.0. The lowest BCUT2D eigenvalue weighted by molar-refractivity contribution is 0.340. The molecule has 19 heavy (non-hydrogen) atoms. The van der Waals surface area contributed by atoms with Crippen LogP contribution in [-0.2, 0) is 6.42 Å². The fourth-order valence-electron chi connectivity index (χ4n) is 2.06. The summed E-state index contributed by atoms with van der Waals surface area (Å²) < 4.78 is 5.48. The lowest BCUT2D eigenvalue weighted by Gasteiger charge is -2.18. The van der Waals surface area contributed by atoms with E-state index in [0.717, 1.165) is 18.7 Å². The highest BCUT2D eigenvalue weighted by molar-refractivity contribution is 7.09. The molecule has 0 fully saturated rings. The average molecular weight is 276 g/mol. The van der Waals surface area contributed by atoms with Gasteiger partial charge in [0, 0.05) is 23.5 Å². The Kier molecular flexibility index (Phi) is 5.36. The Balaban J connectivity index is 2.09. The molecule has 0 spiro atoms. The van der Waals surface area contributed by atoms with Gasteiger partial charge in [0.1, 0.15) is 5.75 Å². The van der Waals surface area contributed by atoms with Gasteiger partial charge in [-0.25, -0.2) is 0 Å². The van der Waals surface area contributed by atoms with Gasteiger partial charge in [-0.05, 0) is 31.2 Å². The molecule has 1 N–H and O–H groups in total. The van der Waals surface area contributed by atoms with Gasteiger partial charge in [0.2, 0.25) is 0 Å². The zero-order chi connectivity index (χ0) is 13.5. The van der Waals surface area contributed by atoms with Gasteiger partial charge in [0.25, 0.3) is 0 Å². The number of likely N-dealkylation sites (N-methyl/N-ethyl adjacent to an activating group) is 1. The largest absolute Gasteiger partial charge is 0.494 e. The standard InChI is InChI=1S/C15H20N2OS/c1-3-17-15(9-14-10-16-11-19-14)12-5-7-13(8-6-12)18-4-2/h5-8,10-11,15,17H,3-4,9H2,1-2H3. The van der Waals surface area contributed by atoms with Crippen molar-refractivity contribution in [2.75, 3.05) is 13.2 Å². The highest BCUT2D eigenvalue weighted by atomic mass is 32.1. The van der Waals surface area contributed by atoms with Gasteiger partial charge in [-0.3, -0.25) is 4.98 Å². The number of hydrogen-bond acceptors (Lipinski definition) is 4. The first-order valence-electron chi connectivity index (χ1n) is 6.67. The van der Waals surface area contributed by atoms with Crippen LogP contribution in [0.4, 0.5) is 0 Å². The first-order chi connectivity index (χ1) is 9.33. The smallest absolute Gasteiger partial charge is 0.119 e. The topological polar surface area (TPSA) is 34.2 Å². The highest BCUT2D eigenvalue weighted by Gasteiger charge is 2.12. The van der Waals surface area contributed by atoms with E-state index in [2.05, 4.69) is 29.4 Å². The lowest BCUT2D eigenvalue weighted by Crippen LogP contribution is -2.22. The molecular formula is C15H20N2OS. The normalized spacial score (nSPS) is 12.3. The molecule has 3 nitrogen and oxygen atoms in total. The number of nitrogens with zero attached hydrogens (tertiary/aromatic N) is 1. The molecule has 0 saturated heterocycles. The number of aromatic nitrogens is 1. The highest BCUT2D eigenvalue weighted by Crippen LogP contribution is 2.22. The minimum atomic E-state index is 0.334. The van der Waals surface area contributed by atoms with E-state index in [4.69, 9.17) is 4.74 Å². The Hall–Kier alpha value is -1.39. The number of nitrogens with one attached hydrogen (secondary N) is 1. The van der Waals surface area contributed by atoms with E-state index in [9.17, 15) is 0 Å². The predicted octanol–water partition coefficient (Wildman–Crippen LogP) is 3.44. The van der Waals surface area contributed by atoms with Crippen molar-refractivity contribution in [1.29, 1.82) is 0 Å². The van der Waals surface area contributed by atoms with Gasteiger partial charge >= 0.3 is 0 Å². The zero-order valence-electron chi connectivity index (χ0n) is 11.4. The number of ether oxygens (including phenoxy) is 1. The molecule has 1 unspecified atom stereocenters. The third kappa shape index (κ3) is 4.04. The number of rotatable bonds is 7. The van der Waals surface area contributed by atoms with Crippen molar-refractivity contribution in [2.24, 2.45) is 0 Å². The van der Waals surface area contributed by atoms with E-state index in [1.807, 2.05) is 30.8 Å². The van der Waals surface area contributed by atoms with E-state index in [1.165, 1.54) is 10.4 Å². The van der Waals surface area contributed by atoms with E-state index in [0.29, 0.717) is 12.6 Å². The molecule has 102 valence electrons. The van der Waals surface area contributed by atoms with E-state index in [1.54, 1.807) is 11.3 Å². The molecule has 1 atom stereocenters. The molecule has 2 aromatic rings. The van der Waals surface area contributed by atoms with Crippen LogP contribution >= 0.6 is 11.3 Å². The number of hydrogen-bond donors (Lipinski definition) is 1. The molecule has 2 rings (SSSR count). The van der Waals surface area contributed by atoms with Gasteiger partial charge in [-0.2, -0.15) is 0 Å². The fraction of sp³-hybridized carbons (Fsp3) is 0.400. The van der Waals surface area contributed by atoms with Crippen molar-refractivity contribution in [3.8, 4) is 5.75 Å². The molecule has 0 bridgehead atoms. The van der Waals surface area contributed by atoms with E-state index in [-0.39, 0.29) is 0 Å². The van der Waals surface area contributed by atoms with Crippen LogP contribution in [0.3, 0.4) is 0 Å². The van der Waals surface area contributed by atoms with Crippen LogP contribution in [0.5, 0.6) is 5.75 Å². The molecule has 1 aromatic carbocycles. The number of thiazole rings is 1. The molecular weight excluding hydrogens is 256 g/mol. The quantitative estimate of drug-likeness (QED) is 0.841. The maximum atomic E-state index is 5.48. The van der Waals surface area contributed by atoms with Crippen LogP contribution in [0.1, 0.15) is 30.3 Å². The molecule has 1 heterocycles. The van der Waals surface area contributed by atoms with Crippen LogP contribution in [0.15, 0.2) is 36.0 Å². The second-order valence-corrected chi connectivity index (χ2v) is 5.26. The predicted molar refractivity (Wildman–Crippen MR) is 79.8 cm³/mol. The summed E-state index contributed by atoms with van der Waals surface area (Å²) in [7, 11) is 0. The van der Waals surface area contributed by atoms with Crippen molar-refractivity contribution in [2.45, 2.75) is 26.3 Å². The maximum Gasteiger partial charge on any atom is 0.119 e. The first kappa shape index (κ1) is 14.0. The molecule has 4 heteroatoms. The maximum absolute atomic E-state index is 5.48. The van der Waals surface area contributed by atoms with E-state index >= 15 is 0 Å². The monoisotopic (exact) mass is 276 g/mol. The van der Waals surface area contributed by atoms with Crippen molar-refractivity contribution in [3.05, 3.63) is 46.4 Å². The van der Waals surface area contributed by atoms with Crippen LogP contribution in [0.25, 0.3) is 0 Å². The minimum Gasteiger partial charge on any atom is -0.494 e. The van der Waals surface area contributed by atoms with Crippen molar-refractivity contribution in [3.63, 3.8) is 0 Å². The third-order valence-electron chi connectivity index (χ3n) is 2.93. The van der Waals surface area contributed by atoms with Crippen molar-refractivity contribution in [1.82, 2.24) is 10.3 Å². The van der Waals surface area contributed by atoms with Gasteiger partial charge in [0.15, 0.2) is 0 Å². The Labute approximate surface area is 118 Å². The Morgan fingerprint density at radius 3 is 2.63 bits per heavy atom. The average Bonchev–Trinajstić information content (AvgIpc) is 2.93. The summed E-state index contributed by atoms with van der Waals surface area (Å²) in [6, 6.07) is 8.69. The molecule has 0 aliphatic rings. The van der Waals surface area contributed by atoms with Crippen LogP contribution < -0.4 is 10.1 Å². The first-order valence-corrected chi connectivity index (χ1v) is 7.55. The summed E-state index contributed by atoms with van der Waals surface area (Å²) >= 11 is 1.71. The van der Waals surface area contributed by atoms with Gasteiger partial charge in [0.05, 0.1) is 12.1 Å². The van der Waals surface area contributed by atoms with Crippen molar-refractivity contribution >= 4 is 11.3 Å². The molecule has 0 amide bonds. The fourth-order valence-corrected chi connectivity index (χ4v) is 2.70. The summed E-state index contributed by atoms with van der Waals surface area (Å²) in [5.41, 5.74) is 3.18. The van der Waals surface area contributed by atoms with Gasteiger partial charge in [-0.1, -0.05) is 19.1 Å². The Morgan fingerprint density at radius 1 is 1.26 bits per heavy atom. The molecule has 1 aromatic heterocycles. The van der Waals surface area contributed by atoms with Gasteiger partial charge < -0.3 is 10.1 Å². The SMILES string of the molecule is CCNC(Cc1cncs1)c1ccc(OCC)cc1. The summed E-state index contributed by atoms with van der Waals surface area (Å²) in [4.78, 5) is 5.44. The number of benzene rings is 1. The third-order valence-corrected chi connectivity index (χ3v) is 3.73. The van der Waals surface area contributed by atoms with Gasteiger partial charge in [-0.15, -0.1) is 11.3 Å². The molecule has 0 aliphatic carbocycles. The Morgan fingerprint density at radius 2 is 2.05 bits per heavy atom. The van der Waals surface area contributed by atoms with Crippen LogP contribution in [0.2, 0.25) is 0 Å². The molecule has 0 radical (unpaired) electrons. The van der Waals surface area contributed by atoms with Crippen LogP contribution in [-0.4, -0.2) is 18.1 Å². The minimum absolute atomic E-state index is 0.334. The summed E-state index contributed by atoms with van der Waals surface area (Å²) in [6.07, 6.45) is 2.93. The van der Waals surface area contributed by atoms with Crippen LogP contribution in [0, 0.1) is 0 Å². The van der Waals surface area contributed by atoms with E-state index < -0.39 is 0 Å². The summed E-state index contributed by atoms with van der Waals surface area (Å²) in [5.74, 6) is 0.930. The second-order valence-electron chi connectivity index (χ2n) is 4.28. The van der Waals surface area contributed by atoms with Crippen molar-refractivity contribution < 1.29 is 4.74 Å². The molecule has 0 saturated carbocycles. The Bertz CT molecular complexity index is 467. The summed E-state index contributed by atoms with van der Waals surface area (Å²) in [5, 5.41) is 3.53. The summed E-state index contributed by atoms with van der Waals surface area (Å²) in [6.45, 7) is 5.79. The second kappa shape index (κ2) is 7.26. The molecule has 0 aliphatic heterocycles.